The summed E-state index contributed by atoms with van der Waals surface area (Å²) >= 11 is 1.71. The average molecular weight is 249 g/mol. The maximum absolute atomic E-state index is 5.70. The largest absolute Gasteiger partial charge is 0.479 e. The summed E-state index contributed by atoms with van der Waals surface area (Å²) in [5.41, 5.74) is 8.83. The van der Waals surface area contributed by atoms with Gasteiger partial charge in [0.05, 0.1) is 12.8 Å². The van der Waals surface area contributed by atoms with Crippen LogP contribution in [-0.4, -0.2) is 12.1 Å². The van der Waals surface area contributed by atoms with Gasteiger partial charge in [0.15, 0.2) is 0 Å². The number of nitrogen functional groups attached to an aromatic ring is 1. The summed E-state index contributed by atoms with van der Waals surface area (Å²) in [6.07, 6.45) is 0. The first-order valence-electron chi connectivity index (χ1n) is 5.26. The van der Waals surface area contributed by atoms with Gasteiger partial charge in [-0.05, 0) is 40.9 Å². The normalized spacial score (nSPS) is 10.2. The van der Waals surface area contributed by atoms with Gasteiger partial charge in [0.2, 0.25) is 5.88 Å². The number of rotatable bonds is 4. The first-order valence-corrected chi connectivity index (χ1v) is 6.21. The van der Waals surface area contributed by atoms with Crippen LogP contribution >= 0.6 is 11.3 Å². The zero-order chi connectivity index (χ0) is 12.3. The van der Waals surface area contributed by atoms with E-state index in [0.717, 1.165) is 12.4 Å². The zero-order valence-electron chi connectivity index (χ0n) is 9.86. The monoisotopic (exact) mass is 249 g/mol. The van der Waals surface area contributed by atoms with E-state index >= 15 is 0 Å². The molecule has 2 aromatic rings. The van der Waals surface area contributed by atoms with Gasteiger partial charge in [0.25, 0.3) is 0 Å². The lowest BCUT2D eigenvalue weighted by Gasteiger charge is -2.08. The molecule has 0 unspecified atom stereocenters. The fourth-order valence-corrected chi connectivity index (χ4v) is 2.32. The highest BCUT2D eigenvalue weighted by atomic mass is 32.1. The molecular formula is C12H15N3OS. The Labute approximate surface area is 104 Å². The standard InChI is InChI=1S/C12H15N3OS/c1-8-6-17-7-9(8)5-14-11-4-3-10(13)12(15-11)16-2/h3-4,6-7H,5,13H2,1-2H3,(H,14,15). The van der Waals surface area contributed by atoms with Crippen molar-refractivity contribution < 1.29 is 4.74 Å². The number of pyridine rings is 1. The Kier molecular flexibility index (Phi) is 3.49. The van der Waals surface area contributed by atoms with Crippen molar-refractivity contribution >= 4 is 22.8 Å². The molecule has 0 fully saturated rings. The van der Waals surface area contributed by atoms with Gasteiger partial charge in [-0.15, -0.1) is 0 Å². The first kappa shape index (κ1) is 11.7. The lowest BCUT2D eigenvalue weighted by molar-refractivity contribution is 0.401. The molecule has 3 N–H and O–H groups in total. The van der Waals surface area contributed by atoms with Crippen LogP contribution in [0.25, 0.3) is 0 Å². The molecule has 0 amide bonds. The SMILES string of the molecule is COc1nc(NCc2cscc2C)ccc1N. The molecule has 0 aliphatic carbocycles. The van der Waals surface area contributed by atoms with Crippen molar-refractivity contribution in [2.24, 2.45) is 0 Å². The minimum atomic E-state index is 0.456. The van der Waals surface area contributed by atoms with Crippen LogP contribution in [0.5, 0.6) is 5.88 Å². The summed E-state index contributed by atoms with van der Waals surface area (Å²) in [5, 5.41) is 7.52. The minimum Gasteiger partial charge on any atom is -0.479 e. The zero-order valence-corrected chi connectivity index (χ0v) is 10.7. The van der Waals surface area contributed by atoms with E-state index in [-0.39, 0.29) is 0 Å². The predicted molar refractivity (Wildman–Crippen MR) is 71.6 cm³/mol. The number of nitrogens with two attached hydrogens (primary N) is 1. The highest BCUT2D eigenvalue weighted by Gasteiger charge is 2.04. The first-order chi connectivity index (χ1) is 8.20. The van der Waals surface area contributed by atoms with Gasteiger partial charge in [-0.2, -0.15) is 16.3 Å². The van der Waals surface area contributed by atoms with Crippen LogP contribution in [0.3, 0.4) is 0 Å². The second-order valence-corrected chi connectivity index (χ2v) is 4.47. The summed E-state index contributed by atoms with van der Waals surface area (Å²) < 4.78 is 5.07. The minimum absolute atomic E-state index is 0.456. The van der Waals surface area contributed by atoms with Crippen LogP contribution < -0.4 is 15.8 Å². The van der Waals surface area contributed by atoms with E-state index in [2.05, 4.69) is 28.0 Å². The molecular weight excluding hydrogens is 234 g/mol. The predicted octanol–water partition coefficient (Wildman–Crippen LogP) is 2.65. The number of nitrogens with one attached hydrogen (secondary N) is 1. The second-order valence-electron chi connectivity index (χ2n) is 3.73. The third-order valence-electron chi connectivity index (χ3n) is 2.50. The molecule has 0 spiro atoms. The molecule has 0 saturated carbocycles. The highest BCUT2D eigenvalue weighted by molar-refractivity contribution is 7.08. The van der Waals surface area contributed by atoms with Crippen molar-refractivity contribution in [3.8, 4) is 5.88 Å². The highest BCUT2D eigenvalue weighted by Crippen LogP contribution is 2.21. The smallest absolute Gasteiger partial charge is 0.238 e. The number of ether oxygens (including phenoxy) is 1. The van der Waals surface area contributed by atoms with Crippen LogP contribution in [0, 0.1) is 6.92 Å². The Morgan fingerprint density at radius 2 is 2.24 bits per heavy atom. The van der Waals surface area contributed by atoms with E-state index in [0.29, 0.717) is 11.6 Å². The van der Waals surface area contributed by atoms with E-state index in [9.17, 15) is 0 Å². The number of aromatic nitrogens is 1. The molecule has 2 rings (SSSR count). The maximum atomic E-state index is 5.70. The Bertz CT molecular complexity index is 510. The molecule has 0 aromatic carbocycles. The van der Waals surface area contributed by atoms with Crippen LogP contribution in [0.4, 0.5) is 11.5 Å². The molecule has 0 aliphatic heterocycles. The van der Waals surface area contributed by atoms with Gasteiger partial charge in [-0.3, -0.25) is 0 Å². The fourth-order valence-electron chi connectivity index (χ4n) is 1.47. The molecule has 4 nitrogen and oxygen atoms in total. The average Bonchev–Trinajstić information content (AvgIpc) is 2.74. The maximum Gasteiger partial charge on any atom is 0.238 e. The molecule has 0 atom stereocenters. The number of methoxy groups -OCH3 is 1. The van der Waals surface area contributed by atoms with Crippen molar-refractivity contribution in [1.82, 2.24) is 4.98 Å². The Morgan fingerprint density at radius 3 is 2.88 bits per heavy atom. The Morgan fingerprint density at radius 1 is 1.41 bits per heavy atom. The van der Waals surface area contributed by atoms with E-state index in [1.54, 1.807) is 24.5 Å². The van der Waals surface area contributed by atoms with E-state index in [1.165, 1.54) is 11.1 Å². The second kappa shape index (κ2) is 5.05. The number of hydrogen-bond donors (Lipinski definition) is 2. The topological polar surface area (TPSA) is 60.2 Å². The van der Waals surface area contributed by atoms with Crippen molar-refractivity contribution in [2.45, 2.75) is 13.5 Å². The lowest BCUT2D eigenvalue weighted by Crippen LogP contribution is -2.03. The molecule has 17 heavy (non-hydrogen) atoms. The Hall–Kier alpha value is -1.75. The third kappa shape index (κ3) is 2.68. The number of nitrogens with zero attached hydrogens (tertiary/aromatic N) is 1. The van der Waals surface area contributed by atoms with Crippen LogP contribution in [0.1, 0.15) is 11.1 Å². The molecule has 2 heterocycles. The summed E-state index contributed by atoms with van der Waals surface area (Å²) in [7, 11) is 1.56. The number of aryl methyl sites for hydroxylation is 1. The van der Waals surface area contributed by atoms with Crippen molar-refractivity contribution in [3.63, 3.8) is 0 Å². The molecule has 0 aliphatic rings. The fraction of sp³-hybridized carbons (Fsp3) is 0.250. The Balaban J connectivity index is 2.07. The van der Waals surface area contributed by atoms with Crippen LogP contribution in [0.15, 0.2) is 22.9 Å². The molecule has 0 saturated heterocycles. The number of hydrogen-bond acceptors (Lipinski definition) is 5. The summed E-state index contributed by atoms with van der Waals surface area (Å²) in [4.78, 5) is 4.26. The quantitative estimate of drug-likeness (QED) is 0.874. The van der Waals surface area contributed by atoms with Crippen LogP contribution in [0.2, 0.25) is 0 Å². The van der Waals surface area contributed by atoms with E-state index in [1.807, 2.05) is 6.07 Å². The van der Waals surface area contributed by atoms with E-state index in [4.69, 9.17) is 10.5 Å². The van der Waals surface area contributed by atoms with Crippen molar-refractivity contribution in [3.05, 3.63) is 34.0 Å². The summed E-state index contributed by atoms with van der Waals surface area (Å²) in [5.74, 6) is 1.22. The van der Waals surface area contributed by atoms with Gasteiger partial charge < -0.3 is 15.8 Å². The summed E-state index contributed by atoms with van der Waals surface area (Å²) in [6.45, 7) is 2.86. The van der Waals surface area contributed by atoms with E-state index < -0.39 is 0 Å². The number of anilines is 2. The molecule has 2 aromatic heterocycles. The van der Waals surface area contributed by atoms with Gasteiger partial charge >= 0.3 is 0 Å². The number of thiophene rings is 1. The van der Waals surface area contributed by atoms with Gasteiger partial charge in [-0.1, -0.05) is 0 Å². The van der Waals surface area contributed by atoms with Crippen molar-refractivity contribution in [2.75, 3.05) is 18.2 Å². The van der Waals surface area contributed by atoms with Gasteiger partial charge in [0, 0.05) is 6.54 Å². The van der Waals surface area contributed by atoms with Gasteiger partial charge in [0.1, 0.15) is 5.82 Å². The molecule has 0 radical (unpaired) electrons. The summed E-state index contributed by atoms with van der Waals surface area (Å²) in [6, 6.07) is 3.63. The molecule has 90 valence electrons. The third-order valence-corrected chi connectivity index (χ3v) is 3.41. The molecule has 0 bridgehead atoms. The van der Waals surface area contributed by atoms with Gasteiger partial charge in [-0.25, -0.2) is 0 Å². The van der Waals surface area contributed by atoms with Crippen LogP contribution in [-0.2, 0) is 6.54 Å². The molecule has 5 heteroatoms. The lowest BCUT2D eigenvalue weighted by atomic mass is 10.2. The van der Waals surface area contributed by atoms with Crippen molar-refractivity contribution in [1.29, 1.82) is 0 Å².